The van der Waals surface area contributed by atoms with Gasteiger partial charge in [0, 0.05) is 38.5 Å². The maximum Gasteiger partial charge on any atom is 0.314 e. The molecule has 0 amide bonds. The summed E-state index contributed by atoms with van der Waals surface area (Å²) in [7, 11) is -4.76. The lowest BCUT2D eigenvalue weighted by Gasteiger charge is -2.48. The van der Waals surface area contributed by atoms with Gasteiger partial charge < -0.3 is 42.0 Å². The van der Waals surface area contributed by atoms with Crippen molar-refractivity contribution in [3.63, 3.8) is 0 Å². The molecule has 3 fully saturated rings. The van der Waals surface area contributed by atoms with Crippen molar-refractivity contribution in [2.24, 2.45) is 5.92 Å². The van der Waals surface area contributed by atoms with E-state index in [2.05, 4.69) is 74.7 Å². The number of carbonyl (C=O) groups is 2. The quantitative estimate of drug-likeness (QED) is 0.125. The van der Waals surface area contributed by atoms with E-state index in [1.165, 1.54) is 0 Å². The highest BCUT2D eigenvalue weighted by molar-refractivity contribution is 6.74. The second kappa shape index (κ2) is 24.3. The first kappa shape index (κ1) is 59.5. The number of allylic oxidation sites excluding steroid dienone is 9. The number of hydrogen-bond donors (Lipinski definition) is 0. The highest BCUT2D eigenvalue weighted by Gasteiger charge is 2.51. The Hall–Kier alpha value is -2.05. The van der Waals surface area contributed by atoms with Gasteiger partial charge in [0.25, 0.3) is 0 Å². The Labute approximate surface area is 421 Å². The molecule has 0 radical (unpaired) electrons. The van der Waals surface area contributed by atoms with Crippen LogP contribution in [0.15, 0.2) is 60.3 Å². The van der Waals surface area contributed by atoms with E-state index in [-0.39, 0.29) is 58.8 Å². The van der Waals surface area contributed by atoms with Crippen molar-refractivity contribution in [2.45, 2.75) is 277 Å². The zero-order chi connectivity index (χ0) is 51.8. The van der Waals surface area contributed by atoms with Crippen LogP contribution in [0.5, 0.6) is 0 Å². The van der Waals surface area contributed by atoms with Gasteiger partial charge in [-0.05, 0) is 104 Å². The third kappa shape index (κ3) is 18.4. The standard InChI is InChI=1S/C56H96O11Si2/c1-20-21-27-32-48(67-69(18,19)53(7,8)9)50-49-38-45(64-56(14,15)65-49)36-43-34-41(60-54(10,11)62-43)33-42-35-44(63-55(12,13)61-42)37-46(57)39(2)30-28-25-23-22-24-26-29-31-47(40(3)59-51(50)58)66-68(16,17)52(4,5)6/h22-26,28-31,40-45,47-50H,20-21,27,32-38H2,1-19H3/b23-22+,26-24+,28-25+,31-29+,39-30+/t40-,41+,42-,43+,44-,45+,47+,48-,49+,50-/m1/s1. The smallest absolute Gasteiger partial charge is 0.314 e. The van der Waals surface area contributed by atoms with Crippen LogP contribution in [0.1, 0.15) is 168 Å². The molecule has 13 heteroatoms. The first-order chi connectivity index (χ1) is 31.7. The zero-order valence-corrected chi connectivity index (χ0v) is 48.5. The largest absolute Gasteiger partial charge is 0.459 e. The monoisotopic (exact) mass is 1000 g/mol. The van der Waals surface area contributed by atoms with Crippen LogP contribution in [0.4, 0.5) is 0 Å². The molecule has 0 saturated carbocycles. The minimum Gasteiger partial charge on any atom is -0.459 e. The van der Waals surface area contributed by atoms with Crippen LogP contribution in [0.3, 0.4) is 0 Å². The van der Waals surface area contributed by atoms with Gasteiger partial charge in [-0.25, -0.2) is 0 Å². The van der Waals surface area contributed by atoms with Crippen LogP contribution in [0.25, 0.3) is 0 Å². The van der Waals surface area contributed by atoms with Crippen LogP contribution >= 0.6 is 0 Å². The van der Waals surface area contributed by atoms with Crippen molar-refractivity contribution in [2.75, 3.05) is 0 Å². The molecular formula is C56H96O11Si2. The van der Waals surface area contributed by atoms with Crippen molar-refractivity contribution in [3.05, 3.63) is 60.3 Å². The summed E-state index contributed by atoms with van der Waals surface area (Å²) in [5, 5.41) is -0.176. The summed E-state index contributed by atoms with van der Waals surface area (Å²) in [6.45, 7) is 39.9. The maximum absolute atomic E-state index is 15.4. The third-order valence-electron chi connectivity index (χ3n) is 14.9. The van der Waals surface area contributed by atoms with E-state index in [0.717, 1.165) is 19.3 Å². The molecule has 4 heterocycles. The minimum atomic E-state index is -2.41. The van der Waals surface area contributed by atoms with E-state index >= 15 is 4.79 Å². The molecule has 394 valence electrons. The van der Waals surface area contributed by atoms with Gasteiger partial charge in [0.2, 0.25) is 0 Å². The SMILES string of the molecule is CCCCC[C@@H](O[Si](C)(C)C(C)(C)C)[C@H]1C(=O)O[C@H](C)[C@@H](O[Si](C)(C)C(C)(C)C)/C=C/C=C/C=C/C=C/C=C(\C)C(=O)C[C@H]2C[C@@H](C[C@H]3C[C@@H](C[C@H]4C[C@@H]1OC(C)(C)O4)OC(C)(C)O3)OC(C)(C)O2. The topological polar surface area (TPSA) is 117 Å². The summed E-state index contributed by atoms with van der Waals surface area (Å²) in [5.41, 5.74) is 0.665. The van der Waals surface area contributed by atoms with Gasteiger partial charge in [0.1, 0.15) is 18.1 Å². The Bertz CT molecular complexity index is 1830. The molecule has 4 aliphatic heterocycles. The third-order valence-corrected chi connectivity index (χ3v) is 23.8. The first-order valence-electron chi connectivity index (χ1n) is 26.2. The molecule has 0 unspecified atom stereocenters. The molecular weight excluding hydrogens is 905 g/mol. The zero-order valence-electron chi connectivity index (χ0n) is 46.5. The van der Waals surface area contributed by atoms with Crippen LogP contribution in [0.2, 0.25) is 36.3 Å². The van der Waals surface area contributed by atoms with Crippen LogP contribution < -0.4 is 0 Å². The van der Waals surface area contributed by atoms with Crippen molar-refractivity contribution >= 4 is 28.4 Å². The van der Waals surface area contributed by atoms with E-state index in [4.69, 9.17) is 42.0 Å². The number of unbranched alkanes of at least 4 members (excludes halogenated alkanes) is 2. The predicted molar refractivity (Wildman–Crippen MR) is 282 cm³/mol. The summed E-state index contributed by atoms with van der Waals surface area (Å²) in [6, 6.07) is 0. The Kier molecular flexibility index (Phi) is 21.0. The number of fused-ring (bicyclic) bond motifs is 6. The lowest BCUT2D eigenvalue weighted by molar-refractivity contribution is -0.337. The van der Waals surface area contributed by atoms with E-state index in [0.29, 0.717) is 44.1 Å². The van der Waals surface area contributed by atoms with Crippen molar-refractivity contribution in [1.82, 2.24) is 0 Å². The number of hydrogen-bond acceptors (Lipinski definition) is 11. The molecule has 0 N–H and O–H groups in total. The van der Waals surface area contributed by atoms with Crippen LogP contribution in [-0.4, -0.2) is 101 Å². The number of rotatable bonds is 9. The van der Waals surface area contributed by atoms with Crippen molar-refractivity contribution in [3.8, 4) is 0 Å². The number of cyclic esters (lactones) is 1. The molecule has 11 nitrogen and oxygen atoms in total. The van der Waals surface area contributed by atoms with Crippen LogP contribution in [0, 0.1) is 5.92 Å². The maximum atomic E-state index is 15.4. The molecule has 69 heavy (non-hydrogen) atoms. The fourth-order valence-electron chi connectivity index (χ4n) is 9.40. The first-order valence-corrected chi connectivity index (χ1v) is 32.0. The second-order valence-corrected chi connectivity index (χ2v) is 34.2. The number of esters is 1. The summed E-state index contributed by atoms with van der Waals surface area (Å²) >= 11 is 0. The van der Waals surface area contributed by atoms with Crippen molar-refractivity contribution < 1.29 is 51.6 Å². The fourth-order valence-corrected chi connectivity index (χ4v) is 12.1. The highest BCUT2D eigenvalue weighted by Crippen LogP contribution is 2.44. The molecule has 0 aromatic rings. The van der Waals surface area contributed by atoms with E-state index in [1.807, 2.05) is 110 Å². The number of Topliss-reactive ketones (excluding diaryl/α,β-unsaturated/α-hetero) is 1. The van der Waals surface area contributed by atoms with Crippen molar-refractivity contribution in [1.29, 1.82) is 0 Å². The number of ketones is 1. The molecule has 4 aliphatic rings. The molecule has 4 rings (SSSR count). The van der Waals surface area contributed by atoms with Gasteiger partial charge in [-0.15, -0.1) is 0 Å². The van der Waals surface area contributed by atoms with E-state index in [9.17, 15) is 4.79 Å². The minimum absolute atomic E-state index is 0.0416. The average Bonchev–Trinajstić information content (AvgIpc) is 3.16. The Morgan fingerprint density at radius 1 is 0.638 bits per heavy atom. The summed E-state index contributed by atoms with van der Waals surface area (Å²) in [5.74, 6) is -3.79. The van der Waals surface area contributed by atoms with Gasteiger partial charge >= 0.3 is 5.97 Å². The number of carbonyl (C=O) groups excluding carboxylic acids is 2. The van der Waals surface area contributed by atoms with E-state index in [1.54, 1.807) is 0 Å². The highest BCUT2D eigenvalue weighted by atomic mass is 28.4. The summed E-state index contributed by atoms with van der Waals surface area (Å²) in [6.07, 6.45) is 20.8. The molecule has 0 aromatic heterocycles. The Morgan fingerprint density at radius 3 is 1.59 bits per heavy atom. The van der Waals surface area contributed by atoms with Gasteiger partial charge in [0.05, 0.1) is 42.7 Å². The van der Waals surface area contributed by atoms with Gasteiger partial charge in [-0.1, -0.05) is 122 Å². The Morgan fingerprint density at radius 2 is 1.09 bits per heavy atom. The Balaban J connectivity index is 1.82. The fraction of sp³-hybridized carbons (Fsp3) is 0.786. The predicted octanol–water partition coefficient (Wildman–Crippen LogP) is 13.6. The van der Waals surface area contributed by atoms with Crippen LogP contribution in [-0.2, 0) is 51.6 Å². The average molecular weight is 1000 g/mol. The summed E-state index contributed by atoms with van der Waals surface area (Å²) in [4.78, 5) is 28.9. The molecule has 0 aromatic carbocycles. The molecule has 6 bridgehead atoms. The number of ether oxygens (including phenoxy) is 7. The second-order valence-electron chi connectivity index (χ2n) is 24.7. The van der Waals surface area contributed by atoms with Gasteiger partial charge in [0.15, 0.2) is 39.8 Å². The molecule has 0 spiro atoms. The van der Waals surface area contributed by atoms with E-state index < -0.39 is 64.3 Å². The molecule has 0 aliphatic carbocycles. The molecule has 10 atom stereocenters. The lowest BCUT2D eigenvalue weighted by atomic mass is 9.86. The summed E-state index contributed by atoms with van der Waals surface area (Å²) < 4.78 is 60.9. The van der Waals surface area contributed by atoms with Gasteiger partial charge in [-0.3, -0.25) is 9.59 Å². The molecule has 3 saturated heterocycles. The lowest BCUT2D eigenvalue weighted by Crippen LogP contribution is -2.56. The normalized spacial score (nSPS) is 34.4. The van der Waals surface area contributed by atoms with Gasteiger partial charge in [-0.2, -0.15) is 0 Å².